The van der Waals surface area contributed by atoms with Crippen molar-refractivity contribution in [2.75, 3.05) is 31.6 Å². The third-order valence-corrected chi connectivity index (χ3v) is 5.28. The highest BCUT2D eigenvalue weighted by Gasteiger charge is 2.27. The van der Waals surface area contributed by atoms with Crippen molar-refractivity contribution in [2.45, 2.75) is 19.9 Å². The summed E-state index contributed by atoms with van der Waals surface area (Å²) in [5.41, 5.74) is 1.85. The van der Waals surface area contributed by atoms with E-state index in [1.165, 1.54) is 19.2 Å². The van der Waals surface area contributed by atoms with Gasteiger partial charge in [-0.3, -0.25) is 14.4 Å². The van der Waals surface area contributed by atoms with Crippen molar-refractivity contribution in [1.29, 1.82) is 0 Å². The number of carbonyl (C=O) groups is 2. The largest absolute Gasteiger partial charge is 0.357 e. The molecule has 3 aromatic heterocycles. The zero-order valence-corrected chi connectivity index (χ0v) is 17.2. The van der Waals surface area contributed by atoms with Crippen molar-refractivity contribution in [3.8, 4) is 0 Å². The average molecular weight is 427 g/mol. The molecule has 31 heavy (non-hydrogen) atoms. The molecule has 0 atom stereocenters. The Balaban J connectivity index is 1.46. The number of hydrogen-bond donors (Lipinski definition) is 2. The third-order valence-electron chi connectivity index (χ3n) is 5.28. The molecule has 162 valence electrons. The average Bonchev–Trinajstić information content (AvgIpc) is 3.14. The van der Waals surface area contributed by atoms with Crippen molar-refractivity contribution in [3.63, 3.8) is 0 Å². The van der Waals surface area contributed by atoms with Crippen LogP contribution in [0.25, 0.3) is 5.65 Å². The van der Waals surface area contributed by atoms with Gasteiger partial charge in [0, 0.05) is 38.0 Å². The summed E-state index contributed by atoms with van der Waals surface area (Å²) in [6.07, 6.45) is 2.28. The number of rotatable bonds is 5. The highest BCUT2D eigenvalue weighted by Crippen LogP contribution is 2.21. The number of amides is 2. The number of aryl methyl sites for hydroxylation is 1. The number of aromatic amines is 1. The van der Waals surface area contributed by atoms with Crippen LogP contribution in [0.2, 0.25) is 0 Å². The highest BCUT2D eigenvalue weighted by atomic mass is 19.1. The highest BCUT2D eigenvalue weighted by molar-refractivity contribution is 5.92. The van der Waals surface area contributed by atoms with Crippen LogP contribution in [0.3, 0.4) is 0 Å². The summed E-state index contributed by atoms with van der Waals surface area (Å²) >= 11 is 0. The molecule has 11 heteroatoms. The van der Waals surface area contributed by atoms with Gasteiger partial charge in [-0.05, 0) is 18.6 Å². The zero-order chi connectivity index (χ0) is 22.1. The molecule has 0 aromatic carbocycles. The van der Waals surface area contributed by atoms with Gasteiger partial charge in [-0.25, -0.2) is 9.50 Å². The summed E-state index contributed by atoms with van der Waals surface area (Å²) in [5.74, 6) is -1.45. The van der Waals surface area contributed by atoms with Crippen molar-refractivity contribution in [3.05, 3.63) is 57.6 Å². The number of anilines is 1. The smallest absolute Gasteiger partial charge is 0.269 e. The van der Waals surface area contributed by atoms with Crippen LogP contribution in [-0.4, -0.2) is 63.0 Å². The molecule has 1 aliphatic heterocycles. The second-order valence-corrected chi connectivity index (χ2v) is 7.25. The Hall–Kier alpha value is -3.76. The summed E-state index contributed by atoms with van der Waals surface area (Å²) in [4.78, 5) is 45.9. The van der Waals surface area contributed by atoms with E-state index in [9.17, 15) is 18.8 Å². The summed E-state index contributed by atoms with van der Waals surface area (Å²) in [6.45, 7) is 2.95. The Kier molecular flexibility index (Phi) is 5.40. The molecule has 4 rings (SSSR count). The van der Waals surface area contributed by atoms with Gasteiger partial charge >= 0.3 is 0 Å². The molecule has 4 heterocycles. The van der Waals surface area contributed by atoms with E-state index in [0.29, 0.717) is 36.4 Å². The van der Waals surface area contributed by atoms with Gasteiger partial charge in [0.2, 0.25) is 11.9 Å². The summed E-state index contributed by atoms with van der Waals surface area (Å²) in [5, 5.41) is 6.84. The van der Waals surface area contributed by atoms with E-state index >= 15 is 0 Å². The van der Waals surface area contributed by atoms with Crippen LogP contribution in [0.5, 0.6) is 0 Å². The number of fused-ring (bicyclic) bond motifs is 1. The maximum absolute atomic E-state index is 14.4. The minimum Gasteiger partial charge on any atom is -0.357 e. The minimum absolute atomic E-state index is 0.0118. The minimum atomic E-state index is -0.793. The molecule has 10 nitrogen and oxygen atoms in total. The van der Waals surface area contributed by atoms with Crippen LogP contribution in [0.15, 0.2) is 29.2 Å². The second kappa shape index (κ2) is 8.17. The lowest BCUT2D eigenvalue weighted by Gasteiger charge is -2.35. The first-order chi connectivity index (χ1) is 14.9. The predicted molar refractivity (Wildman–Crippen MR) is 110 cm³/mol. The Bertz CT molecular complexity index is 1220. The van der Waals surface area contributed by atoms with E-state index in [2.05, 4.69) is 20.4 Å². The van der Waals surface area contributed by atoms with E-state index in [-0.39, 0.29) is 35.9 Å². The Labute approximate surface area is 176 Å². The van der Waals surface area contributed by atoms with Gasteiger partial charge in [0.05, 0.1) is 24.5 Å². The van der Waals surface area contributed by atoms with E-state index < -0.39 is 11.9 Å². The lowest BCUT2D eigenvalue weighted by atomic mass is 10.2. The van der Waals surface area contributed by atoms with Crippen molar-refractivity contribution in [1.82, 2.24) is 29.8 Å². The number of aromatic nitrogens is 4. The Morgan fingerprint density at radius 1 is 1.29 bits per heavy atom. The molecule has 0 aliphatic carbocycles. The molecule has 1 fully saturated rings. The standard InChI is InChI=1S/C20H22FN7O3/c1-3-12-9-28-16(24-19(12)30)8-13(25-28)10-27-7-6-26(11-17(27)29)15-5-4-14(20(31)22-2)23-18(15)21/h4-5,8-9H,3,6-7,10-11H2,1-2H3,(H,22,31)(H,24,30). The van der Waals surface area contributed by atoms with Gasteiger partial charge in [0.15, 0.2) is 0 Å². The van der Waals surface area contributed by atoms with Crippen LogP contribution in [0.4, 0.5) is 10.1 Å². The molecule has 1 aliphatic rings. The summed E-state index contributed by atoms with van der Waals surface area (Å²) < 4.78 is 16.0. The van der Waals surface area contributed by atoms with E-state index in [1.54, 1.807) is 26.6 Å². The molecule has 0 spiro atoms. The fraction of sp³-hybridized carbons (Fsp3) is 0.350. The van der Waals surface area contributed by atoms with Crippen molar-refractivity contribution in [2.24, 2.45) is 0 Å². The van der Waals surface area contributed by atoms with E-state index in [4.69, 9.17) is 0 Å². The first-order valence-electron chi connectivity index (χ1n) is 9.91. The van der Waals surface area contributed by atoms with Crippen LogP contribution in [0.1, 0.15) is 28.7 Å². The van der Waals surface area contributed by atoms with E-state index in [1.807, 2.05) is 6.92 Å². The number of carbonyl (C=O) groups excluding carboxylic acids is 2. The zero-order valence-electron chi connectivity index (χ0n) is 17.2. The van der Waals surface area contributed by atoms with Crippen LogP contribution < -0.4 is 15.8 Å². The molecular formula is C20H22FN7O3. The van der Waals surface area contributed by atoms with Gasteiger partial charge in [-0.1, -0.05) is 6.92 Å². The quantitative estimate of drug-likeness (QED) is 0.567. The van der Waals surface area contributed by atoms with Crippen molar-refractivity contribution < 1.29 is 14.0 Å². The predicted octanol–water partition coefficient (Wildman–Crippen LogP) is 0.327. The first-order valence-corrected chi connectivity index (χ1v) is 9.91. The fourth-order valence-electron chi connectivity index (χ4n) is 3.56. The van der Waals surface area contributed by atoms with Gasteiger partial charge in [-0.2, -0.15) is 9.49 Å². The molecular weight excluding hydrogens is 405 g/mol. The summed E-state index contributed by atoms with van der Waals surface area (Å²) in [7, 11) is 1.44. The number of pyridine rings is 1. The Morgan fingerprint density at radius 3 is 2.77 bits per heavy atom. The lowest BCUT2D eigenvalue weighted by Crippen LogP contribution is -2.50. The number of nitrogens with one attached hydrogen (secondary N) is 2. The van der Waals surface area contributed by atoms with Crippen LogP contribution in [-0.2, 0) is 17.8 Å². The normalized spacial score (nSPS) is 14.4. The third kappa shape index (κ3) is 3.98. The molecule has 2 amide bonds. The number of piperazine rings is 1. The second-order valence-electron chi connectivity index (χ2n) is 7.25. The molecule has 2 N–H and O–H groups in total. The molecule has 0 radical (unpaired) electrons. The molecule has 1 saturated heterocycles. The fourth-order valence-corrected chi connectivity index (χ4v) is 3.56. The molecule has 3 aromatic rings. The maximum atomic E-state index is 14.4. The summed E-state index contributed by atoms with van der Waals surface area (Å²) in [6, 6.07) is 4.62. The monoisotopic (exact) mass is 427 g/mol. The van der Waals surface area contributed by atoms with Crippen LogP contribution >= 0.6 is 0 Å². The number of nitrogens with zero attached hydrogens (tertiary/aromatic N) is 5. The SMILES string of the molecule is CCc1cn2nc(CN3CCN(c4ccc(C(=O)NC)nc4F)CC3=O)cc2[nH]c1=O. The molecule has 0 bridgehead atoms. The molecule has 0 unspecified atom stereocenters. The number of H-pyrrole nitrogens is 1. The topological polar surface area (TPSA) is 116 Å². The maximum Gasteiger partial charge on any atom is 0.269 e. The first kappa shape index (κ1) is 20.5. The lowest BCUT2D eigenvalue weighted by molar-refractivity contribution is -0.131. The van der Waals surface area contributed by atoms with Gasteiger partial charge in [0.25, 0.3) is 11.5 Å². The van der Waals surface area contributed by atoms with Crippen LogP contribution in [0, 0.1) is 5.95 Å². The number of hydrogen-bond acceptors (Lipinski definition) is 6. The van der Waals surface area contributed by atoms with Crippen molar-refractivity contribution >= 4 is 23.1 Å². The Morgan fingerprint density at radius 2 is 2.10 bits per heavy atom. The molecule has 0 saturated carbocycles. The van der Waals surface area contributed by atoms with Gasteiger partial charge < -0.3 is 20.1 Å². The van der Waals surface area contributed by atoms with E-state index in [0.717, 1.165) is 0 Å². The van der Waals surface area contributed by atoms with Gasteiger partial charge in [0.1, 0.15) is 11.3 Å². The van der Waals surface area contributed by atoms with Gasteiger partial charge in [-0.15, -0.1) is 0 Å². The number of halogens is 1.